The lowest BCUT2D eigenvalue weighted by Crippen LogP contribution is -2.60. The van der Waals surface area contributed by atoms with E-state index in [2.05, 4.69) is 0 Å². The summed E-state index contributed by atoms with van der Waals surface area (Å²) in [6, 6.07) is 5.39. The first-order valence-electron chi connectivity index (χ1n) is 13.0. The third kappa shape index (κ3) is 5.30. The first kappa shape index (κ1) is 23.9. The first-order valence-corrected chi connectivity index (χ1v) is 13.0. The van der Waals surface area contributed by atoms with Gasteiger partial charge >= 0.3 is 0 Å². The molecule has 1 atom stereocenters. The van der Waals surface area contributed by atoms with Crippen molar-refractivity contribution in [1.29, 1.82) is 0 Å². The van der Waals surface area contributed by atoms with Gasteiger partial charge in [0.05, 0.1) is 14.2 Å². The summed E-state index contributed by atoms with van der Waals surface area (Å²) in [6.45, 7) is 0.226. The zero-order chi connectivity index (χ0) is 23.2. The van der Waals surface area contributed by atoms with Crippen molar-refractivity contribution in [3.63, 3.8) is 0 Å². The van der Waals surface area contributed by atoms with Crippen LogP contribution < -0.4 is 9.47 Å². The standard InChI is InChI=1S/C27H40N2O4/c1-32-23-17-16-20(18-24(23)33-2)26-27(31)28(21-12-8-6-7-9-13-21)19-25(30)29(26)22-14-10-4-3-5-11-15-22/h16-18,21-22,26H,3-15,19H2,1-2H3/t26-/m0/s1. The van der Waals surface area contributed by atoms with Crippen molar-refractivity contribution in [3.8, 4) is 11.5 Å². The largest absolute Gasteiger partial charge is 0.493 e. The summed E-state index contributed by atoms with van der Waals surface area (Å²) >= 11 is 0. The Labute approximate surface area is 198 Å². The summed E-state index contributed by atoms with van der Waals surface area (Å²) in [7, 11) is 3.22. The van der Waals surface area contributed by atoms with Crippen LogP contribution in [0.5, 0.6) is 11.5 Å². The number of amides is 2. The van der Waals surface area contributed by atoms with E-state index in [4.69, 9.17) is 9.47 Å². The highest BCUT2D eigenvalue weighted by atomic mass is 16.5. The van der Waals surface area contributed by atoms with Crippen LogP contribution in [-0.2, 0) is 9.59 Å². The molecule has 0 radical (unpaired) electrons. The maximum Gasteiger partial charge on any atom is 0.250 e. The van der Waals surface area contributed by atoms with Crippen molar-refractivity contribution in [1.82, 2.24) is 9.80 Å². The average Bonchev–Trinajstić information content (AvgIpc) is 3.09. The van der Waals surface area contributed by atoms with Gasteiger partial charge in [-0.3, -0.25) is 9.59 Å². The van der Waals surface area contributed by atoms with Crippen molar-refractivity contribution in [2.24, 2.45) is 0 Å². The minimum Gasteiger partial charge on any atom is -0.493 e. The Morgan fingerprint density at radius 3 is 1.85 bits per heavy atom. The molecular weight excluding hydrogens is 416 g/mol. The Kier molecular flexibility index (Phi) is 8.15. The number of carbonyl (C=O) groups is 2. The van der Waals surface area contributed by atoms with Gasteiger partial charge < -0.3 is 19.3 Å². The third-order valence-electron chi connectivity index (χ3n) is 7.85. The van der Waals surface area contributed by atoms with Gasteiger partial charge in [-0.1, -0.05) is 63.9 Å². The lowest BCUT2D eigenvalue weighted by molar-refractivity contribution is -0.162. The molecule has 33 heavy (non-hydrogen) atoms. The van der Waals surface area contributed by atoms with Crippen LogP contribution in [0.25, 0.3) is 0 Å². The lowest BCUT2D eigenvalue weighted by Gasteiger charge is -2.47. The van der Waals surface area contributed by atoms with Crippen molar-refractivity contribution in [2.45, 2.75) is 102 Å². The monoisotopic (exact) mass is 456 g/mol. The predicted octanol–water partition coefficient (Wildman–Crippen LogP) is 5.25. The Bertz CT molecular complexity index is 810. The number of nitrogens with zero attached hydrogens (tertiary/aromatic N) is 2. The molecule has 4 rings (SSSR count). The van der Waals surface area contributed by atoms with Crippen molar-refractivity contribution in [2.75, 3.05) is 20.8 Å². The molecule has 1 aliphatic heterocycles. The maximum atomic E-state index is 14.1. The zero-order valence-corrected chi connectivity index (χ0v) is 20.4. The smallest absolute Gasteiger partial charge is 0.250 e. The lowest BCUT2D eigenvalue weighted by atomic mass is 9.90. The fraction of sp³-hybridized carbons (Fsp3) is 0.704. The van der Waals surface area contributed by atoms with E-state index in [0.717, 1.165) is 56.9 Å². The Morgan fingerprint density at radius 2 is 1.27 bits per heavy atom. The van der Waals surface area contributed by atoms with Gasteiger partial charge in [0.2, 0.25) is 5.91 Å². The molecule has 0 bridgehead atoms. The van der Waals surface area contributed by atoms with Crippen LogP contribution in [0.15, 0.2) is 18.2 Å². The summed E-state index contributed by atoms with van der Waals surface area (Å²) in [5.41, 5.74) is 0.825. The highest BCUT2D eigenvalue weighted by molar-refractivity contribution is 5.96. The fourth-order valence-corrected chi connectivity index (χ4v) is 6.06. The Morgan fingerprint density at radius 1 is 0.727 bits per heavy atom. The van der Waals surface area contributed by atoms with Crippen LogP contribution in [0.1, 0.15) is 95.1 Å². The molecule has 0 spiro atoms. The van der Waals surface area contributed by atoms with E-state index in [1.54, 1.807) is 14.2 Å². The number of hydrogen-bond acceptors (Lipinski definition) is 4. The summed E-state index contributed by atoms with van der Waals surface area (Å²) in [4.78, 5) is 31.7. The molecule has 1 heterocycles. The topological polar surface area (TPSA) is 59.1 Å². The van der Waals surface area contributed by atoms with Gasteiger partial charge in [-0.15, -0.1) is 0 Å². The van der Waals surface area contributed by atoms with E-state index in [-0.39, 0.29) is 30.4 Å². The van der Waals surface area contributed by atoms with E-state index in [1.807, 2.05) is 28.0 Å². The summed E-state index contributed by atoms with van der Waals surface area (Å²) in [5.74, 6) is 1.41. The first-order chi connectivity index (χ1) is 16.1. The van der Waals surface area contributed by atoms with Crippen LogP contribution in [0.3, 0.4) is 0 Å². The van der Waals surface area contributed by atoms with Crippen LogP contribution in [0, 0.1) is 0 Å². The molecule has 2 amide bonds. The SMILES string of the molecule is COc1ccc([C@H]2C(=O)N(C3CCCCCC3)CC(=O)N2C2CCCCCCC2)cc1OC. The quantitative estimate of drug-likeness (QED) is 0.568. The molecule has 2 saturated carbocycles. The van der Waals surface area contributed by atoms with E-state index < -0.39 is 6.04 Å². The van der Waals surface area contributed by atoms with Gasteiger partial charge in [0.25, 0.3) is 5.91 Å². The molecule has 182 valence electrons. The van der Waals surface area contributed by atoms with E-state index in [1.165, 1.54) is 32.1 Å². The number of rotatable bonds is 5. The third-order valence-corrected chi connectivity index (χ3v) is 7.85. The molecule has 3 fully saturated rings. The van der Waals surface area contributed by atoms with Crippen LogP contribution in [-0.4, -0.2) is 54.5 Å². The van der Waals surface area contributed by atoms with Gasteiger partial charge in [-0.25, -0.2) is 0 Å². The van der Waals surface area contributed by atoms with Gasteiger partial charge in [0.1, 0.15) is 12.6 Å². The molecule has 0 aromatic heterocycles. The number of ether oxygens (including phenoxy) is 2. The van der Waals surface area contributed by atoms with Crippen LogP contribution >= 0.6 is 0 Å². The zero-order valence-electron chi connectivity index (χ0n) is 20.4. The highest BCUT2D eigenvalue weighted by Gasteiger charge is 2.45. The molecule has 3 aliphatic rings. The minimum atomic E-state index is -0.585. The van der Waals surface area contributed by atoms with Crippen LogP contribution in [0.4, 0.5) is 0 Å². The van der Waals surface area contributed by atoms with Gasteiger partial charge in [0, 0.05) is 12.1 Å². The molecular formula is C27H40N2O4. The number of methoxy groups -OCH3 is 2. The second-order valence-electron chi connectivity index (χ2n) is 9.93. The minimum absolute atomic E-state index is 0.0794. The summed E-state index contributed by atoms with van der Waals surface area (Å²) < 4.78 is 11.0. The van der Waals surface area contributed by atoms with E-state index in [9.17, 15) is 9.59 Å². The molecule has 1 aromatic rings. The predicted molar refractivity (Wildman–Crippen MR) is 128 cm³/mol. The number of hydrogen-bond donors (Lipinski definition) is 0. The second kappa shape index (κ2) is 11.3. The number of piperazine rings is 1. The number of benzene rings is 1. The van der Waals surface area contributed by atoms with E-state index in [0.29, 0.717) is 11.5 Å². The highest BCUT2D eigenvalue weighted by Crippen LogP contribution is 2.39. The Hall–Kier alpha value is -2.24. The van der Waals surface area contributed by atoms with Crippen molar-refractivity contribution < 1.29 is 19.1 Å². The summed E-state index contributed by atoms with van der Waals surface area (Å²) in [5, 5.41) is 0. The van der Waals surface area contributed by atoms with Crippen molar-refractivity contribution in [3.05, 3.63) is 23.8 Å². The maximum absolute atomic E-state index is 14.1. The van der Waals surface area contributed by atoms with Crippen molar-refractivity contribution >= 4 is 11.8 Å². The van der Waals surface area contributed by atoms with Gasteiger partial charge in [0.15, 0.2) is 11.5 Å². The molecule has 0 N–H and O–H groups in total. The molecule has 0 unspecified atom stereocenters. The van der Waals surface area contributed by atoms with Gasteiger partial charge in [-0.2, -0.15) is 0 Å². The Balaban J connectivity index is 1.70. The molecule has 6 nitrogen and oxygen atoms in total. The molecule has 2 aliphatic carbocycles. The summed E-state index contributed by atoms with van der Waals surface area (Å²) in [6.07, 6.45) is 14.6. The van der Waals surface area contributed by atoms with Gasteiger partial charge in [-0.05, 0) is 43.4 Å². The number of carbonyl (C=O) groups excluding carboxylic acids is 2. The average molecular weight is 457 g/mol. The van der Waals surface area contributed by atoms with E-state index >= 15 is 0 Å². The second-order valence-corrected chi connectivity index (χ2v) is 9.93. The van der Waals surface area contributed by atoms with Crippen LogP contribution in [0.2, 0.25) is 0 Å². The molecule has 1 aromatic carbocycles. The fourth-order valence-electron chi connectivity index (χ4n) is 6.06. The molecule has 1 saturated heterocycles. The molecule has 6 heteroatoms. The normalized spacial score (nSPS) is 24.2.